The summed E-state index contributed by atoms with van der Waals surface area (Å²) in [7, 11) is 0. The highest BCUT2D eigenvalue weighted by molar-refractivity contribution is 8.00. The number of carbonyl (C=O) groups is 1. The molecule has 1 aliphatic rings. The third kappa shape index (κ3) is 3.77. The summed E-state index contributed by atoms with van der Waals surface area (Å²) in [5, 5.41) is 12.0. The molecule has 3 aromatic rings. The third-order valence-corrected chi connectivity index (χ3v) is 5.96. The van der Waals surface area contributed by atoms with E-state index in [1.165, 1.54) is 23.1 Å². The van der Waals surface area contributed by atoms with Crippen LogP contribution >= 0.6 is 34.7 Å². The summed E-state index contributed by atoms with van der Waals surface area (Å²) < 4.78 is 11.3. The van der Waals surface area contributed by atoms with E-state index in [-0.39, 0.29) is 12.7 Å². The average Bonchev–Trinajstić information content (AvgIpc) is 3.29. The molecule has 26 heavy (non-hydrogen) atoms. The maximum atomic E-state index is 12.4. The molecule has 2 aromatic carbocycles. The van der Waals surface area contributed by atoms with Gasteiger partial charge < -0.3 is 9.47 Å². The number of anilines is 1. The van der Waals surface area contributed by atoms with Crippen LogP contribution < -0.4 is 14.8 Å². The second kappa shape index (κ2) is 7.53. The number of benzene rings is 2. The number of aromatic nitrogens is 2. The Hall–Kier alpha value is -2.29. The first-order valence-electron chi connectivity index (χ1n) is 7.60. The normalized spacial score (nSPS) is 12.2. The molecule has 6 nitrogen and oxygen atoms in total. The second-order valence-corrected chi connectivity index (χ2v) is 7.88. The number of nitrogens with zero attached hydrogens (tertiary/aromatic N) is 2. The lowest BCUT2D eigenvalue weighted by Gasteiger charge is -2.02. The molecule has 1 aliphatic heterocycles. The van der Waals surface area contributed by atoms with Gasteiger partial charge in [0.05, 0.1) is 0 Å². The fraction of sp³-hybridized carbons (Fsp3) is 0.118. The number of halogens is 1. The Morgan fingerprint density at radius 1 is 1.19 bits per heavy atom. The molecule has 0 saturated carbocycles. The van der Waals surface area contributed by atoms with Gasteiger partial charge in [0.25, 0.3) is 5.91 Å². The zero-order chi connectivity index (χ0) is 17.9. The van der Waals surface area contributed by atoms with Crippen LogP contribution in [-0.4, -0.2) is 22.9 Å². The molecular weight excluding hydrogens is 394 g/mol. The van der Waals surface area contributed by atoms with E-state index in [9.17, 15) is 4.79 Å². The number of thioether (sulfide) groups is 1. The predicted molar refractivity (Wildman–Crippen MR) is 101 cm³/mol. The molecule has 0 fully saturated rings. The highest BCUT2D eigenvalue weighted by Crippen LogP contribution is 2.33. The maximum Gasteiger partial charge on any atom is 0.257 e. The fourth-order valence-electron chi connectivity index (χ4n) is 2.28. The number of nitrogens with one attached hydrogen (secondary N) is 1. The van der Waals surface area contributed by atoms with Gasteiger partial charge in [-0.1, -0.05) is 52.9 Å². The van der Waals surface area contributed by atoms with Crippen molar-refractivity contribution in [3.05, 3.63) is 58.6 Å². The van der Waals surface area contributed by atoms with Crippen LogP contribution in [0.2, 0.25) is 5.02 Å². The lowest BCUT2D eigenvalue weighted by Crippen LogP contribution is -2.11. The van der Waals surface area contributed by atoms with Crippen LogP contribution in [0.15, 0.2) is 46.8 Å². The van der Waals surface area contributed by atoms with Crippen molar-refractivity contribution in [3.8, 4) is 11.5 Å². The van der Waals surface area contributed by atoms with Crippen molar-refractivity contribution in [2.75, 3.05) is 12.1 Å². The minimum absolute atomic E-state index is 0.169. The molecule has 0 bridgehead atoms. The standard InChI is InChI=1S/C17H12ClN3O3S2/c18-12-4-2-1-3-11(12)8-25-17-21-20-16(26-17)19-15(22)10-5-6-13-14(7-10)24-9-23-13/h1-7H,8-9H2,(H,19,20,22). The summed E-state index contributed by atoms with van der Waals surface area (Å²) >= 11 is 8.99. The Morgan fingerprint density at radius 2 is 2.04 bits per heavy atom. The van der Waals surface area contributed by atoms with E-state index >= 15 is 0 Å². The van der Waals surface area contributed by atoms with Gasteiger partial charge in [0.15, 0.2) is 15.8 Å². The van der Waals surface area contributed by atoms with E-state index in [4.69, 9.17) is 21.1 Å². The molecule has 2 heterocycles. The molecule has 1 N–H and O–H groups in total. The molecule has 0 aliphatic carbocycles. The van der Waals surface area contributed by atoms with Crippen molar-refractivity contribution in [2.45, 2.75) is 10.1 Å². The van der Waals surface area contributed by atoms with Gasteiger partial charge in [-0.05, 0) is 29.8 Å². The molecule has 1 amide bonds. The van der Waals surface area contributed by atoms with Crippen LogP contribution in [0.4, 0.5) is 5.13 Å². The van der Waals surface area contributed by atoms with Crippen LogP contribution in [0.3, 0.4) is 0 Å². The van der Waals surface area contributed by atoms with Crippen LogP contribution in [0.1, 0.15) is 15.9 Å². The summed E-state index contributed by atoms with van der Waals surface area (Å²) in [4.78, 5) is 12.4. The number of hydrogen-bond acceptors (Lipinski definition) is 7. The summed E-state index contributed by atoms with van der Waals surface area (Å²) in [6.45, 7) is 0.169. The van der Waals surface area contributed by atoms with Gasteiger partial charge in [0.1, 0.15) is 0 Å². The maximum absolute atomic E-state index is 12.4. The predicted octanol–water partition coefficient (Wildman–Crippen LogP) is 4.46. The van der Waals surface area contributed by atoms with E-state index < -0.39 is 0 Å². The summed E-state index contributed by atoms with van der Waals surface area (Å²) in [5.74, 6) is 1.61. The van der Waals surface area contributed by atoms with Crippen LogP contribution in [-0.2, 0) is 5.75 Å². The van der Waals surface area contributed by atoms with Crippen LogP contribution in [0, 0.1) is 0 Å². The van der Waals surface area contributed by atoms with Gasteiger partial charge in [-0.3, -0.25) is 10.1 Å². The molecule has 1 aromatic heterocycles. The van der Waals surface area contributed by atoms with E-state index in [1.54, 1.807) is 18.2 Å². The third-order valence-electron chi connectivity index (χ3n) is 3.57. The first-order chi connectivity index (χ1) is 12.7. The molecule has 132 valence electrons. The molecule has 0 spiro atoms. The number of fused-ring (bicyclic) bond motifs is 1. The number of amides is 1. The highest BCUT2D eigenvalue weighted by Gasteiger charge is 2.17. The number of rotatable bonds is 5. The van der Waals surface area contributed by atoms with E-state index in [1.807, 2.05) is 24.3 Å². The van der Waals surface area contributed by atoms with Gasteiger partial charge in [-0.2, -0.15) is 0 Å². The largest absolute Gasteiger partial charge is 0.454 e. The van der Waals surface area contributed by atoms with Crippen LogP contribution in [0.25, 0.3) is 0 Å². The first-order valence-corrected chi connectivity index (χ1v) is 9.78. The molecule has 0 radical (unpaired) electrons. The summed E-state index contributed by atoms with van der Waals surface area (Å²) in [6, 6.07) is 12.7. The lowest BCUT2D eigenvalue weighted by atomic mass is 10.2. The topological polar surface area (TPSA) is 73.3 Å². The van der Waals surface area contributed by atoms with Crippen molar-refractivity contribution in [2.24, 2.45) is 0 Å². The van der Waals surface area contributed by atoms with Crippen molar-refractivity contribution in [1.82, 2.24) is 10.2 Å². The van der Waals surface area contributed by atoms with Crippen molar-refractivity contribution >= 4 is 45.7 Å². The number of ether oxygens (including phenoxy) is 2. The Morgan fingerprint density at radius 3 is 2.92 bits per heavy atom. The SMILES string of the molecule is O=C(Nc1nnc(SCc2ccccc2Cl)s1)c1ccc2c(c1)OCO2. The number of hydrogen-bond donors (Lipinski definition) is 1. The molecule has 0 unspecified atom stereocenters. The summed E-state index contributed by atoms with van der Waals surface area (Å²) in [6.07, 6.45) is 0. The fourth-order valence-corrected chi connectivity index (χ4v) is 4.31. The molecule has 4 rings (SSSR count). The van der Waals surface area contributed by atoms with E-state index in [0.717, 1.165) is 14.9 Å². The molecule has 0 atom stereocenters. The van der Waals surface area contributed by atoms with Gasteiger partial charge in [-0.25, -0.2) is 0 Å². The molecule has 9 heteroatoms. The number of carbonyl (C=O) groups excluding carboxylic acids is 1. The Kier molecular flexibility index (Phi) is 4.96. The molecular formula is C17H12ClN3O3S2. The average molecular weight is 406 g/mol. The zero-order valence-corrected chi connectivity index (χ0v) is 15.7. The highest BCUT2D eigenvalue weighted by atomic mass is 35.5. The van der Waals surface area contributed by atoms with Crippen molar-refractivity contribution in [3.63, 3.8) is 0 Å². The Bertz CT molecular complexity index is 964. The zero-order valence-electron chi connectivity index (χ0n) is 13.3. The van der Waals surface area contributed by atoms with Gasteiger partial charge >= 0.3 is 0 Å². The van der Waals surface area contributed by atoms with Gasteiger partial charge in [0, 0.05) is 16.3 Å². The van der Waals surface area contributed by atoms with E-state index in [0.29, 0.717) is 27.9 Å². The minimum Gasteiger partial charge on any atom is -0.454 e. The smallest absolute Gasteiger partial charge is 0.257 e. The van der Waals surface area contributed by atoms with Gasteiger partial charge in [0.2, 0.25) is 11.9 Å². The van der Waals surface area contributed by atoms with Crippen molar-refractivity contribution in [1.29, 1.82) is 0 Å². The monoisotopic (exact) mass is 405 g/mol. The van der Waals surface area contributed by atoms with Crippen LogP contribution in [0.5, 0.6) is 11.5 Å². The minimum atomic E-state index is -0.276. The quantitative estimate of drug-likeness (QED) is 0.499. The second-order valence-electron chi connectivity index (χ2n) is 5.28. The van der Waals surface area contributed by atoms with Gasteiger partial charge in [-0.15, -0.1) is 10.2 Å². The summed E-state index contributed by atoms with van der Waals surface area (Å²) in [5.41, 5.74) is 1.50. The first kappa shape index (κ1) is 17.1. The lowest BCUT2D eigenvalue weighted by molar-refractivity contribution is 0.102. The van der Waals surface area contributed by atoms with E-state index in [2.05, 4.69) is 15.5 Å². The van der Waals surface area contributed by atoms with Crippen molar-refractivity contribution < 1.29 is 14.3 Å². The molecule has 0 saturated heterocycles. The Labute approximate surface area is 162 Å². The Balaban J connectivity index is 1.39.